The van der Waals surface area contributed by atoms with Gasteiger partial charge in [0, 0.05) is 17.5 Å². The number of halogens is 3. The highest BCUT2D eigenvalue weighted by Crippen LogP contribution is 2.42. The summed E-state index contributed by atoms with van der Waals surface area (Å²) in [6.45, 7) is 3.87. The van der Waals surface area contributed by atoms with E-state index >= 15 is 0 Å². The normalized spacial score (nSPS) is 21.0. The van der Waals surface area contributed by atoms with Crippen LogP contribution in [0.15, 0.2) is 24.4 Å². The van der Waals surface area contributed by atoms with Crippen molar-refractivity contribution in [2.75, 3.05) is 10.2 Å². The number of nitrogens with zero attached hydrogens (tertiary/aromatic N) is 2. The molecule has 2 unspecified atom stereocenters. The van der Waals surface area contributed by atoms with E-state index in [4.69, 9.17) is 11.6 Å². The molecular formula is C24H29ClF2N4O2S. The molecule has 2 amide bonds. The Labute approximate surface area is 207 Å². The van der Waals surface area contributed by atoms with Crippen LogP contribution in [0, 0.1) is 12.8 Å². The molecule has 2 aliphatic carbocycles. The number of thiophene rings is 1. The van der Waals surface area contributed by atoms with Gasteiger partial charge >= 0.3 is 0 Å². The molecule has 0 spiro atoms. The van der Waals surface area contributed by atoms with Gasteiger partial charge in [-0.25, -0.2) is 8.78 Å². The van der Waals surface area contributed by atoms with Crippen molar-refractivity contribution in [3.8, 4) is 0 Å². The number of carbonyl (C=O) groups is 2. The molecule has 2 N–H and O–H groups in total. The van der Waals surface area contributed by atoms with Crippen molar-refractivity contribution in [1.82, 2.24) is 10.3 Å². The lowest BCUT2D eigenvalue weighted by atomic mass is 9.97. The number of anilines is 2. The van der Waals surface area contributed by atoms with Gasteiger partial charge in [-0.2, -0.15) is 0 Å². The highest BCUT2D eigenvalue weighted by Gasteiger charge is 2.58. The Bertz CT molecular complexity index is 1040. The molecule has 4 rings (SSSR count). The smallest absolute Gasteiger partial charge is 0.270 e. The fourth-order valence-electron chi connectivity index (χ4n) is 4.50. The molecule has 0 aliphatic heterocycles. The summed E-state index contributed by atoms with van der Waals surface area (Å²) in [7, 11) is 0. The van der Waals surface area contributed by atoms with Gasteiger partial charge in [0.25, 0.3) is 5.92 Å². The minimum absolute atomic E-state index is 0.0986. The van der Waals surface area contributed by atoms with E-state index in [-0.39, 0.29) is 12.5 Å². The Morgan fingerprint density at radius 2 is 2.09 bits per heavy atom. The van der Waals surface area contributed by atoms with Gasteiger partial charge in [-0.15, -0.1) is 11.3 Å². The summed E-state index contributed by atoms with van der Waals surface area (Å²) in [6, 6.07) is 3.46. The van der Waals surface area contributed by atoms with Crippen LogP contribution in [0.1, 0.15) is 62.1 Å². The van der Waals surface area contributed by atoms with E-state index in [9.17, 15) is 18.4 Å². The summed E-state index contributed by atoms with van der Waals surface area (Å²) in [4.78, 5) is 31.8. The zero-order valence-corrected chi connectivity index (χ0v) is 20.8. The van der Waals surface area contributed by atoms with Crippen LogP contribution in [0.5, 0.6) is 0 Å². The maximum absolute atomic E-state index is 13.4. The first-order chi connectivity index (χ1) is 16.2. The monoisotopic (exact) mass is 510 g/mol. The lowest BCUT2D eigenvalue weighted by Crippen LogP contribution is -2.48. The van der Waals surface area contributed by atoms with Gasteiger partial charge in [-0.05, 0) is 44.4 Å². The molecule has 6 nitrogen and oxygen atoms in total. The average molecular weight is 511 g/mol. The summed E-state index contributed by atoms with van der Waals surface area (Å²) in [5, 5.41) is 6.99. The predicted octanol–water partition coefficient (Wildman–Crippen LogP) is 5.71. The number of carbonyl (C=O) groups excluding carboxylic acids is 2. The first kappa shape index (κ1) is 24.9. The lowest BCUT2D eigenvalue weighted by Gasteiger charge is -2.28. The molecule has 2 fully saturated rings. The SMILES string of the molecule is Cc1ncc(Cl)cc1NC(C)c1ccc(N(C=O)[C@@H](CC2CCCC2)C(=O)NC2CC2(F)F)s1. The van der Waals surface area contributed by atoms with Crippen LogP contribution in [0.4, 0.5) is 19.5 Å². The Hall–Kier alpha value is -2.26. The molecule has 2 aliphatic rings. The second-order valence-corrected chi connectivity index (χ2v) is 10.8. The number of rotatable bonds is 10. The fourth-order valence-corrected chi connectivity index (χ4v) is 5.68. The van der Waals surface area contributed by atoms with E-state index in [1.54, 1.807) is 12.3 Å². The number of hydrogen-bond acceptors (Lipinski definition) is 5. The molecule has 2 heterocycles. The molecule has 3 atom stereocenters. The van der Waals surface area contributed by atoms with Crippen molar-refractivity contribution in [2.45, 2.75) is 76.4 Å². The molecule has 10 heteroatoms. The standard InChI is InChI=1S/C24H29ClF2N4O2S/c1-14-18(10-17(25)12-28-14)29-15(2)20-7-8-22(34-20)31(13-32)19(9-16-5-3-4-6-16)23(33)30-21-11-24(21,26)27/h7-8,10,12-13,15-16,19,21,29H,3-6,9,11H2,1-2H3,(H,30,33)/t15?,19-,21?/m0/s1. The van der Waals surface area contributed by atoms with E-state index in [0.717, 1.165) is 41.9 Å². The van der Waals surface area contributed by atoms with Gasteiger partial charge in [-0.3, -0.25) is 19.5 Å². The third-order valence-electron chi connectivity index (χ3n) is 6.65. The van der Waals surface area contributed by atoms with Gasteiger partial charge in [0.05, 0.1) is 33.5 Å². The molecule has 34 heavy (non-hydrogen) atoms. The summed E-state index contributed by atoms with van der Waals surface area (Å²) >= 11 is 7.46. The minimum Gasteiger partial charge on any atom is -0.376 e. The van der Waals surface area contributed by atoms with E-state index in [2.05, 4.69) is 15.6 Å². The summed E-state index contributed by atoms with van der Waals surface area (Å²) in [5.41, 5.74) is 1.62. The van der Waals surface area contributed by atoms with Crippen molar-refractivity contribution >= 4 is 45.9 Å². The first-order valence-corrected chi connectivity index (χ1v) is 12.8. The number of aryl methyl sites for hydroxylation is 1. The number of hydrogen-bond donors (Lipinski definition) is 2. The van der Waals surface area contributed by atoms with E-state index in [0.29, 0.717) is 28.8 Å². The number of aromatic nitrogens is 1. The van der Waals surface area contributed by atoms with Gasteiger partial charge in [0.1, 0.15) is 6.04 Å². The van der Waals surface area contributed by atoms with Crippen LogP contribution in [0.3, 0.4) is 0 Å². The van der Waals surface area contributed by atoms with Crippen LogP contribution in [-0.4, -0.2) is 35.3 Å². The number of nitrogens with one attached hydrogen (secondary N) is 2. The number of alkyl halides is 2. The van der Waals surface area contributed by atoms with Crippen molar-refractivity contribution < 1.29 is 18.4 Å². The first-order valence-electron chi connectivity index (χ1n) is 11.6. The molecule has 0 aromatic carbocycles. The largest absolute Gasteiger partial charge is 0.376 e. The van der Waals surface area contributed by atoms with Crippen molar-refractivity contribution in [3.63, 3.8) is 0 Å². The predicted molar refractivity (Wildman–Crippen MR) is 131 cm³/mol. The summed E-state index contributed by atoms with van der Waals surface area (Å²) in [6.07, 6.45) is 6.50. The topological polar surface area (TPSA) is 74.3 Å². The van der Waals surface area contributed by atoms with Gasteiger partial charge in [-0.1, -0.05) is 37.3 Å². The minimum atomic E-state index is -2.86. The zero-order valence-electron chi connectivity index (χ0n) is 19.2. The Kier molecular flexibility index (Phi) is 7.42. The van der Waals surface area contributed by atoms with Crippen LogP contribution in [0.25, 0.3) is 0 Å². The summed E-state index contributed by atoms with van der Waals surface area (Å²) in [5.74, 6) is -3.07. The van der Waals surface area contributed by atoms with E-state index in [1.165, 1.54) is 16.2 Å². The van der Waals surface area contributed by atoms with Gasteiger partial charge in [0.2, 0.25) is 12.3 Å². The quantitative estimate of drug-likeness (QED) is 0.401. The van der Waals surface area contributed by atoms with Crippen LogP contribution in [0.2, 0.25) is 5.02 Å². The van der Waals surface area contributed by atoms with Crippen LogP contribution in [-0.2, 0) is 9.59 Å². The highest BCUT2D eigenvalue weighted by molar-refractivity contribution is 7.16. The molecule has 2 saturated carbocycles. The fraction of sp³-hybridized carbons (Fsp3) is 0.542. The van der Waals surface area contributed by atoms with Gasteiger partial charge in [0.15, 0.2) is 0 Å². The molecule has 0 bridgehead atoms. The number of amides is 2. The van der Waals surface area contributed by atoms with Gasteiger partial charge < -0.3 is 10.6 Å². The van der Waals surface area contributed by atoms with Crippen LogP contribution >= 0.6 is 22.9 Å². The zero-order chi connectivity index (χ0) is 24.5. The third-order valence-corrected chi connectivity index (χ3v) is 8.13. The maximum Gasteiger partial charge on any atom is 0.270 e. The van der Waals surface area contributed by atoms with Crippen molar-refractivity contribution in [1.29, 1.82) is 0 Å². The van der Waals surface area contributed by atoms with Crippen molar-refractivity contribution in [2.24, 2.45) is 5.92 Å². The van der Waals surface area contributed by atoms with E-state index < -0.39 is 23.9 Å². The molecule has 184 valence electrons. The lowest BCUT2D eigenvalue weighted by molar-refractivity contribution is -0.125. The second kappa shape index (κ2) is 10.2. The summed E-state index contributed by atoms with van der Waals surface area (Å²) < 4.78 is 26.9. The van der Waals surface area contributed by atoms with Crippen molar-refractivity contribution in [3.05, 3.63) is 40.0 Å². The Morgan fingerprint density at radius 3 is 2.74 bits per heavy atom. The molecule has 2 aromatic rings. The highest BCUT2D eigenvalue weighted by atomic mass is 35.5. The molecular weight excluding hydrogens is 482 g/mol. The molecule has 2 aromatic heterocycles. The molecule has 0 saturated heterocycles. The average Bonchev–Trinajstić information content (AvgIpc) is 3.22. The third kappa shape index (κ3) is 5.68. The number of pyridine rings is 1. The maximum atomic E-state index is 13.4. The Morgan fingerprint density at radius 1 is 1.38 bits per heavy atom. The molecule has 0 radical (unpaired) electrons. The second-order valence-electron chi connectivity index (χ2n) is 9.27. The van der Waals surface area contributed by atoms with E-state index in [1.807, 2.05) is 26.0 Å². The van der Waals surface area contributed by atoms with Crippen LogP contribution < -0.4 is 15.5 Å². The Balaban J connectivity index is 1.51.